The van der Waals surface area contributed by atoms with Crippen LogP contribution in [0.3, 0.4) is 0 Å². The van der Waals surface area contributed by atoms with Gasteiger partial charge < -0.3 is 21.7 Å². The van der Waals surface area contributed by atoms with E-state index in [-0.39, 0.29) is 5.88 Å². The largest absolute Gasteiger partial charge is 0.480 e. The van der Waals surface area contributed by atoms with Gasteiger partial charge >= 0.3 is 11.9 Å². The molecule has 0 amide bonds. The molecule has 0 aliphatic carbocycles. The topological polar surface area (TPSA) is 127 Å². The molecular weight excluding hydrogens is 224 g/mol. The van der Waals surface area contributed by atoms with E-state index in [0.29, 0.717) is 13.0 Å². The highest BCUT2D eigenvalue weighted by molar-refractivity contribution is 6.26. The van der Waals surface area contributed by atoms with Crippen LogP contribution in [0, 0.1) is 0 Å². The van der Waals surface area contributed by atoms with Gasteiger partial charge in [-0.1, -0.05) is 6.42 Å². The van der Waals surface area contributed by atoms with Gasteiger partial charge in [-0.05, 0) is 19.4 Å². The van der Waals surface area contributed by atoms with Gasteiger partial charge in [-0.2, -0.15) is 0 Å². The maximum Gasteiger partial charge on any atom is 0.320 e. The first-order chi connectivity index (χ1) is 6.95. The van der Waals surface area contributed by atoms with Crippen LogP contribution >= 0.6 is 11.6 Å². The van der Waals surface area contributed by atoms with Crippen LogP contribution in [0.2, 0.25) is 0 Å². The van der Waals surface area contributed by atoms with E-state index in [1.165, 1.54) is 0 Å². The molecule has 0 aromatic rings. The van der Waals surface area contributed by atoms with Crippen molar-refractivity contribution in [1.29, 1.82) is 0 Å². The third kappa shape index (κ3) is 15.9. The SMILES string of the molecule is NCCCCC(N)C(=O)O.O=C(O)CCl. The van der Waals surface area contributed by atoms with Gasteiger partial charge in [0, 0.05) is 0 Å². The second-order valence-corrected chi connectivity index (χ2v) is 3.02. The third-order valence-corrected chi connectivity index (χ3v) is 1.63. The van der Waals surface area contributed by atoms with Crippen LogP contribution in [0.1, 0.15) is 19.3 Å². The van der Waals surface area contributed by atoms with Gasteiger partial charge in [-0.3, -0.25) is 9.59 Å². The number of hydrogen-bond acceptors (Lipinski definition) is 4. The molecule has 0 aliphatic rings. The first kappa shape index (κ1) is 16.6. The van der Waals surface area contributed by atoms with Gasteiger partial charge in [0.2, 0.25) is 0 Å². The quantitative estimate of drug-likeness (QED) is 0.377. The molecule has 7 heteroatoms. The second-order valence-electron chi connectivity index (χ2n) is 2.76. The fourth-order valence-corrected chi connectivity index (χ4v) is 0.632. The summed E-state index contributed by atoms with van der Waals surface area (Å²) in [6, 6.07) is -0.716. The summed E-state index contributed by atoms with van der Waals surface area (Å²) in [5.74, 6) is -2.22. The lowest BCUT2D eigenvalue weighted by molar-refractivity contribution is -0.138. The lowest BCUT2D eigenvalue weighted by Gasteiger charge is -2.03. The molecule has 0 heterocycles. The van der Waals surface area contributed by atoms with Crippen molar-refractivity contribution < 1.29 is 19.8 Å². The minimum Gasteiger partial charge on any atom is -0.480 e. The number of carboxylic acids is 2. The first-order valence-corrected chi connectivity index (χ1v) is 4.95. The number of rotatable bonds is 6. The van der Waals surface area contributed by atoms with Crippen LogP contribution in [-0.4, -0.2) is 40.6 Å². The van der Waals surface area contributed by atoms with E-state index in [2.05, 4.69) is 0 Å². The molecule has 0 aromatic carbocycles. The van der Waals surface area contributed by atoms with Gasteiger partial charge in [-0.15, -0.1) is 11.6 Å². The molecule has 0 radical (unpaired) electrons. The van der Waals surface area contributed by atoms with Crippen LogP contribution in [0.4, 0.5) is 0 Å². The summed E-state index contributed by atoms with van der Waals surface area (Å²) < 4.78 is 0. The zero-order valence-electron chi connectivity index (χ0n) is 8.36. The maximum absolute atomic E-state index is 10.1. The van der Waals surface area contributed by atoms with E-state index < -0.39 is 18.0 Å². The summed E-state index contributed by atoms with van der Waals surface area (Å²) in [5.41, 5.74) is 10.4. The van der Waals surface area contributed by atoms with Crippen LogP contribution in [0.25, 0.3) is 0 Å². The minimum absolute atomic E-state index is 0.306. The molecule has 6 N–H and O–H groups in total. The van der Waals surface area contributed by atoms with Gasteiger partial charge in [0.1, 0.15) is 11.9 Å². The van der Waals surface area contributed by atoms with Crippen molar-refractivity contribution in [1.82, 2.24) is 0 Å². The Bertz CT molecular complexity index is 189. The zero-order chi connectivity index (χ0) is 12.3. The Morgan fingerprint density at radius 1 is 1.27 bits per heavy atom. The number of alkyl halides is 1. The van der Waals surface area contributed by atoms with E-state index in [0.717, 1.165) is 12.8 Å². The molecule has 0 bridgehead atoms. The molecule has 6 nitrogen and oxygen atoms in total. The molecule has 15 heavy (non-hydrogen) atoms. The highest BCUT2D eigenvalue weighted by atomic mass is 35.5. The number of nitrogens with two attached hydrogens (primary N) is 2. The zero-order valence-corrected chi connectivity index (χ0v) is 9.11. The molecule has 0 saturated heterocycles. The van der Waals surface area contributed by atoms with Gasteiger partial charge in [0.25, 0.3) is 0 Å². The van der Waals surface area contributed by atoms with Gasteiger partial charge in [-0.25, -0.2) is 0 Å². The number of aliphatic carboxylic acids is 2. The molecule has 0 rings (SSSR count). The monoisotopic (exact) mass is 240 g/mol. The highest BCUT2D eigenvalue weighted by Gasteiger charge is 2.09. The smallest absolute Gasteiger partial charge is 0.320 e. The summed E-state index contributed by atoms with van der Waals surface area (Å²) >= 11 is 4.74. The molecule has 0 saturated carbocycles. The number of carboxylic acid groups (broad SMARTS) is 2. The van der Waals surface area contributed by atoms with Crippen molar-refractivity contribution >= 4 is 23.5 Å². The Kier molecular flexibility index (Phi) is 12.4. The second kappa shape index (κ2) is 11.2. The van der Waals surface area contributed by atoms with Crippen LogP contribution in [-0.2, 0) is 9.59 Å². The summed E-state index contributed by atoms with van der Waals surface area (Å²) in [4.78, 5) is 19.4. The lowest BCUT2D eigenvalue weighted by Crippen LogP contribution is -2.29. The summed E-state index contributed by atoms with van der Waals surface area (Å²) in [6.07, 6.45) is 2.16. The molecule has 90 valence electrons. The molecule has 1 unspecified atom stereocenters. The van der Waals surface area contributed by atoms with Crippen LogP contribution in [0.15, 0.2) is 0 Å². The molecule has 0 spiro atoms. The fourth-order valence-electron chi connectivity index (χ4n) is 0.632. The summed E-state index contributed by atoms with van der Waals surface area (Å²) in [7, 11) is 0. The summed E-state index contributed by atoms with van der Waals surface area (Å²) in [6.45, 7) is 0.604. The minimum atomic E-state index is -0.980. The Labute approximate surface area is 93.2 Å². The van der Waals surface area contributed by atoms with E-state index in [1.54, 1.807) is 0 Å². The molecule has 1 atom stereocenters. The number of unbranched alkanes of at least 4 members (excludes halogenated alkanes) is 1. The van der Waals surface area contributed by atoms with Crippen molar-refractivity contribution in [3.63, 3.8) is 0 Å². The third-order valence-electron chi connectivity index (χ3n) is 1.40. The summed E-state index contributed by atoms with van der Waals surface area (Å²) in [5, 5.41) is 15.9. The lowest BCUT2D eigenvalue weighted by atomic mass is 10.1. The average molecular weight is 241 g/mol. The first-order valence-electron chi connectivity index (χ1n) is 4.41. The van der Waals surface area contributed by atoms with E-state index in [9.17, 15) is 9.59 Å². The van der Waals surface area contributed by atoms with Crippen LogP contribution in [0.5, 0.6) is 0 Å². The standard InChI is InChI=1S/C6H14N2O2.C2H3ClO2/c7-4-2-1-3-5(8)6(9)10;3-1-2(4)5/h5H,1-4,7-8H2,(H,9,10);1H2,(H,4,5). The van der Waals surface area contributed by atoms with E-state index >= 15 is 0 Å². The molecule has 0 aliphatic heterocycles. The predicted octanol–water partition coefficient (Wildman–Crippen LogP) is -0.163. The van der Waals surface area contributed by atoms with E-state index in [4.69, 9.17) is 33.3 Å². The average Bonchev–Trinajstić information content (AvgIpc) is 2.18. The van der Waals surface area contributed by atoms with E-state index in [1.807, 2.05) is 0 Å². The molecule has 0 fully saturated rings. The number of halogens is 1. The van der Waals surface area contributed by atoms with Gasteiger partial charge in [0.05, 0.1) is 0 Å². The van der Waals surface area contributed by atoms with Crippen molar-refractivity contribution in [2.24, 2.45) is 11.5 Å². The van der Waals surface area contributed by atoms with Crippen molar-refractivity contribution in [3.8, 4) is 0 Å². The number of hydrogen-bond donors (Lipinski definition) is 4. The number of carbonyl (C=O) groups is 2. The Balaban J connectivity index is 0. The van der Waals surface area contributed by atoms with Crippen molar-refractivity contribution in [2.45, 2.75) is 25.3 Å². The Morgan fingerprint density at radius 2 is 1.73 bits per heavy atom. The molecular formula is C8H17ClN2O4. The van der Waals surface area contributed by atoms with Crippen molar-refractivity contribution in [2.75, 3.05) is 12.4 Å². The maximum atomic E-state index is 10.1. The van der Waals surface area contributed by atoms with Crippen LogP contribution < -0.4 is 11.5 Å². The Morgan fingerprint density at radius 3 is 2.00 bits per heavy atom. The molecule has 0 aromatic heterocycles. The Hall–Kier alpha value is -0.850. The van der Waals surface area contributed by atoms with Gasteiger partial charge in [0.15, 0.2) is 0 Å². The highest BCUT2D eigenvalue weighted by Crippen LogP contribution is 1.96. The normalized spacial score (nSPS) is 11.1. The predicted molar refractivity (Wildman–Crippen MR) is 56.9 cm³/mol. The fraction of sp³-hybridized carbons (Fsp3) is 0.750. The van der Waals surface area contributed by atoms with Crippen molar-refractivity contribution in [3.05, 3.63) is 0 Å².